The molecule has 2 N–H and O–H groups in total. The van der Waals surface area contributed by atoms with Crippen molar-refractivity contribution < 1.29 is 0 Å². The van der Waals surface area contributed by atoms with Crippen LogP contribution in [-0.4, -0.2) is 41.9 Å². The van der Waals surface area contributed by atoms with Crippen LogP contribution < -0.4 is 5.73 Å². The molecule has 15 heavy (non-hydrogen) atoms. The van der Waals surface area contributed by atoms with Crippen molar-refractivity contribution in [2.45, 2.75) is 0 Å². The summed E-state index contributed by atoms with van der Waals surface area (Å²) in [6.07, 6.45) is 3.95. The van der Waals surface area contributed by atoms with E-state index in [4.69, 9.17) is 5.73 Å². The van der Waals surface area contributed by atoms with E-state index in [1.54, 1.807) is 0 Å². The third kappa shape index (κ3) is 2.03. The Morgan fingerprint density at radius 3 is 2.87 bits per heavy atom. The van der Waals surface area contributed by atoms with Gasteiger partial charge in [0.05, 0.1) is 0 Å². The van der Waals surface area contributed by atoms with E-state index in [1.807, 2.05) is 43.4 Å². The van der Waals surface area contributed by atoms with Crippen LogP contribution in [0.5, 0.6) is 0 Å². The molecule has 2 aromatic rings. The van der Waals surface area contributed by atoms with Crippen molar-refractivity contribution in [3.05, 3.63) is 23.9 Å². The molecule has 1 aromatic carbocycles. The van der Waals surface area contributed by atoms with Crippen molar-refractivity contribution in [1.29, 1.82) is 0 Å². The maximum absolute atomic E-state index is 6.01. The second-order valence-corrected chi connectivity index (χ2v) is 4.59. The normalized spacial score (nSPS) is 11.3. The second-order valence-electron chi connectivity index (χ2n) is 3.48. The molecule has 0 saturated heterocycles. The molecule has 0 atom stereocenters. The van der Waals surface area contributed by atoms with E-state index in [0.717, 1.165) is 22.3 Å². The van der Waals surface area contributed by atoms with Gasteiger partial charge in [-0.3, -0.25) is 0 Å². The number of benzene rings is 1. The molecule has 0 unspecified atom stereocenters. The van der Waals surface area contributed by atoms with Crippen molar-refractivity contribution >= 4 is 37.8 Å². The van der Waals surface area contributed by atoms with Crippen LogP contribution in [-0.2, 0) is 0 Å². The van der Waals surface area contributed by atoms with E-state index in [1.165, 1.54) is 0 Å². The van der Waals surface area contributed by atoms with Gasteiger partial charge in [-0.1, -0.05) is 0 Å². The number of aromatic nitrogens is 2. The topological polar surface area (TPSA) is 55.0 Å². The molecule has 0 fully saturated rings. The molecule has 0 amide bonds. The van der Waals surface area contributed by atoms with Crippen LogP contribution >= 0.6 is 0 Å². The predicted molar refractivity (Wildman–Crippen MR) is 63.6 cm³/mol. The van der Waals surface area contributed by atoms with E-state index >= 15 is 0 Å². The number of rotatable bonds is 2. The van der Waals surface area contributed by atoms with E-state index in [0.29, 0.717) is 0 Å². The van der Waals surface area contributed by atoms with Crippen LogP contribution in [0.4, 0.5) is 5.69 Å². The number of nitrogens with zero attached hydrogens (tertiary/aromatic N) is 3. The number of nitrogen functional groups attached to an aromatic ring is 1. The Bertz CT molecular complexity index is 501. The maximum atomic E-state index is 6.01. The molecule has 5 heteroatoms. The SMILES string of the molecule is CN(C)/C=C/c1ccc2n[se]nc2c1N. The Kier molecular flexibility index (Phi) is 2.75. The Hall–Kier alpha value is -1.32. The Labute approximate surface area is 94.6 Å². The summed E-state index contributed by atoms with van der Waals surface area (Å²) in [5.74, 6) is 0. The van der Waals surface area contributed by atoms with Gasteiger partial charge in [0.1, 0.15) is 0 Å². The fraction of sp³-hybridized carbons (Fsp3) is 0.200. The molecular weight excluding hydrogens is 255 g/mol. The Morgan fingerprint density at radius 2 is 2.13 bits per heavy atom. The number of hydrogen-bond acceptors (Lipinski definition) is 4. The van der Waals surface area contributed by atoms with E-state index in [-0.39, 0.29) is 15.0 Å². The fourth-order valence-electron chi connectivity index (χ4n) is 1.26. The van der Waals surface area contributed by atoms with Gasteiger partial charge in [-0.25, -0.2) is 0 Å². The number of anilines is 1. The van der Waals surface area contributed by atoms with Crippen molar-refractivity contribution in [2.24, 2.45) is 0 Å². The zero-order valence-electron chi connectivity index (χ0n) is 8.64. The molecule has 0 aliphatic heterocycles. The van der Waals surface area contributed by atoms with Gasteiger partial charge in [0.25, 0.3) is 0 Å². The quantitative estimate of drug-likeness (QED) is 0.646. The van der Waals surface area contributed by atoms with Crippen LogP contribution in [0.3, 0.4) is 0 Å². The minimum absolute atomic E-state index is 0.0136. The Morgan fingerprint density at radius 1 is 1.33 bits per heavy atom. The van der Waals surface area contributed by atoms with Gasteiger partial charge in [0.2, 0.25) is 0 Å². The molecule has 1 heterocycles. The second kappa shape index (κ2) is 4.04. The predicted octanol–water partition coefficient (Wildman–Crippen LogP) is 0.801. The van der Waals surface area contributed by atoms with Gasteiger partial charge < -0.3 is 0 Å². The van der Waals surface area contributed by atoms with Crippen molar-refractivity contribution in [3.8, 4) is 0 Å². The molecule has 0 bridgehead atoms. The minimum atomic E-state index is -0.0136. The number of nitrogens with two attached hydrogens (primary N) is 1. The summed E-state index contributed by atoms with van der Waals surface area (Å²) in [4.78, 5) is 1.97. The molecule has 0 radical (unpaired) electrons. The monoisotopic (exact) mass is 268 g/mol. The van der Waals surface area contributed by atoms with Gasteiger partial charge in [-0.15, -0.1) is 0 Å². The van der Waals surface area contributed by atoms with Gasteiger partial charge >= 0.3 is 94.3 Å². The fourth-order valence-corrected chi connectivity index (χ4v) is 2.41. The molecule has 1 aromatic heterocycles. The van der Waals surface area contributed by atoms with Gasteiger partial charge in [-0.2, -0.15) is 0 Å². The van der Waals surface area contributed by atoms with Gasteiger partial charge in [-0.05, 0) is 0 Å². The van der Waals surface area contributed by atoms with Crippen molar-refractivity contribution in [3.63, 3.8) is 0 Å². The summed E-state index contributed by atoms with van der Waals surface area (Å²) in [5, 5.41) is 0. The third-order valence-electron chi connectivity index (χ3n) is 2.05. The van der Waals surface area contributed by atoms with Crippen molar-refractivity contribution in [2.75, 3.05) is 19.8 Å². The van der Waals surface area contributed by atoms with Crippen LogP contribution in [0, 0.1) is 0 Å². The van der Waals surface area contributed by atoms with Crippen LogP contribution in [0.2, 0.25) is 0 Å². The first-order valence-corrected chi connectivity index (χ1v) is 6.07. The first-order chi connectivity index (χ1) is 7.18. The summed E-state index contributed by atoms with van der Waals surface area (Å²) < 4.78 is 8.59. The zero-order valence-corrected chi connectivity index (χ0v) is 10.3. The van der Waals surface area contributed by atoms with Crippen LogP contribution in [0.1, 0.15) is 5.56 Å². The third-order valence-corrected chi connectivity index (χ3v) is 3.19. The van der Waals surface area contributed by atoms with Crippen LogP contribution in [0.15, 0.2) is 18.3 Å². The molecule has 4 nitrogen and oxygen atoms in total. The number of hydrogen-bond donors (Lipinski definition) is 1. The molecule has 0 saturated carbocycles. The Balaban J connectivity index is 2.48. The van der Waals surface area contributed by atoms with Gasteiger partial charge in [0, 0.05) is 0 Å². The van der Waals surface area contributed by atoms with Gasteiger partial charge in [0.15, 0.2) is 0 Å². The average molecular weight is 267 g/mol. The molecule has 0 aliphatic carbocycles. The van der Waals surface area contributed by atoms with E-state index < -0.39 is 0 Å². The molecule has 0 spiro atoms. The van der Waals surface area contributed by atoms with E-state index in [2.05, 4.69) is 7.96 Å². The molecule has 0 aliphatic rings. The summed E-state index contributed by atoms with van der Waals surface area (Å²) >= 11 is -0.0136. The molecule has 2 rings (SSSR count). The van der Waals surface area contributed by atoms with E-state index in [9.17, 15) is 0 Å². The summed E-state index contributed by atoms with van der Waals surface area (Å²) in [7, 11) is 3.95. The molecule has 78 valence electrons. The standard InChI is InChI=1S/C10H12N4Se/c1-14(2)6-5-7-3-4-8-10(9(7)11)13-15-12-8/h3-6H,11H2,1-2H3/b6-5+. The van der Waals surface area contributed by atoms with Crippen LogP contribution in [0.25, 0.3) is 17.1 Å². The first kappa shape index (κ1) is 10.2. The summed E-state index contributed by atoms with van der Waals surface area (Å²) in [5.41, 5.74) is 9.52. The zero-order chi connectivity index (χ0) is 10.8. The molecular formula is C10H12N4Se. The summed E-state index contributed by atoms with van der Waals surface area (Å²) in [6, 6.07) is 3.95. The number of fused-ring (bicyclic) bond motifs is 1. The average Bonchev–Trinajstić information content (AvgIpc) is 2.65. The summed E-state index contributed by atoms with van der Waals surface area (Å²) in [6.45, 7) is 0. The van der Waals surface area contributed by atoms with Crippen molar-refractivity contribution in [1.82, 2.24) is 12.9 Å². The first-order valence-electron chi connectivity index (χ1n) is 4.54.